The first-order valence-electron chi connectivity index (χ1n) is 14.4. The van der Waals surface area contributed by atoms with Crippen LogP contribution in [0.15, 0.2) is 97.3 Å². The SMILES string of the molecule is O=C(C(CC1(c2cccc(Cl)c2)CCC1)c1ccccn1)C(CC1(c2cccc(Cl)c2)CCC1)c1ccccn1. The highest BCUT2D eigenvalue weighted by Gasteiger charge is 2.47. The first-order valence-corrected chi connectivity index (χ1v) is 15.1. The Labute approximate surface area is 247 Å². The molecule has 0 amide bonds. The molecule has 0 radical (unpaired) electrons. The van der Waals surface area contributed by atoms with Crippen LogP contribution in [-0.2, 0) is 15.6 Å². The molecule has 0 aliphatic heterocycles. The molecule has 0 spiro atoms. The molecule has 2 aliphatic carbocycles. The number of aromatic nitrogens is 2. The van der Waals surface area contributed by atoms with E-state index in [4.69, 9.17) is 33.2 Å². The highest BCUT2D eigenvalue weighted by molar-refractivity contribution is 6.30. The number of hydrogen-bond donors (Lipinski definition) is 0. The Morgan fingerprint density at radius 3 is 1.43 bits per heavy atom. The second kappa shape index (κ2) is 11.5. The molecule has 0 bridgehead atoms. The van der Waals surface area contributed by atoms with Gasteiger partial charge in [0.1, 0.15) is 0 Å². The first-order chi connectivity index (χ1) is 19.5. The van der Waals surface area contributed by atoms with Crippen LogP contribution in [-0.4, -0.2) is 15.8 Å². The number of pyridine rings is 2. The largest absolute Gasteiger partial charge is 0.298 e. The molecular weight excluding hydrogens is 535 g/mol. The summed E-state index contributed by atoms with van der Waals surface area (Å²) in [7, 11) is 0. The summed E-state index contributed by atoms with van der Waals surface area (Å²) in [6, 6.07) is 28.2. The van der Waals surface area contributed by atoms with Gasteiger partial charge in [-0.2, -0.15) is 0 Å². The predicted octanol–water partition coefficient (Wildman–Crippen LogP) is 9.24. The zero-order valence-electron chi connectivity index (χ0n) is 22.6. The van der Waals surface area contributed by atoms with Crippen LogP contribution in [0.2, 0.25) is 10.0 Å². The third kappa shape index (κ3) is 5.34. The zero-order chi connectivity index (χ0) is 27.6. The van der Waals surface area contributed by atoms with Gasteiger partial charge in [0.05, 0.1) is 23.2 Å². The van der Waals surface area contributed by atoms with Gasteiger partial charge in [-0.05, 0) is 109 Å². The molecule has 40 heavy (non-hydrogen) atoms. The average molecular weight is 570 g/mol. The van der Waals surface area contributed by atoms with Crippen LogP contribution >= 0.6 is 23.2 Å². The summed E-state index contributed by atoms with van der Waals surface area (Å²) >= 11 is 12.9. The lowest BCUT2D eigenvalue weighted by atomic mass is 9.57. The Balaban J connectivity index is 1.40. The van der Waals surface area contributed by atoms with Crippen LogP contribution in [0.4, 0.5) is 0 Å². The summed E-state index contributed by atoms with van der Waals surface area (Å²) < 4.78 is 0. The quantitative estimate of drug-likeness (QED) is 0.191. The molecular formula is C35H34Cl2N2O. The highest BCUT2D eigenvalue weighted by atomic mass is 35.5. The Kier molecular flexibility index (Phi) is 7.79. The molecule has 2 aromatic heterocycles. The molecule has 0 N–H and O–H groups in total. The van der Waals surface area contributed by atoms with E-state index in [1.807, 2.05) is 60.7 Å². The molecule has 4 aromatic rings. The van der Waals surface area contributed by atoms with Crippen molar-refractivity contribution in [3.63, 3.8) is 0 Å². The Morgan fingerprint density at radius 1 is 0.650 bits per heavy atom. The number of carbonyl (C=O) groups is 1. The smallest absolute Gasteiger partial charge is 0.150 e. The van der Waals surface area contributed by atoms with E-state index in [1.165, 1.54) is 11.1 Å². The lowest BCUT2D eigenvalue weighted by Gasteiger charge is -2.46. The van der Waals surface area contributed by atoms with Crippen molar-refractivity contribution in [3.8, 4) is 0 Å². The molecule has 3 nitrogen and oxygen atoms in total. The summed E-state index contributed by atoms with van der Waals surface area (Å²) in [5.41, 5.74) is 3.96. The maximum Gasteiger partial charge on any atom is 0.150 e. The fourth-order valence-corrected chi connectivity index (χ4v) is 7.34. The summed E-state index contributed by atoms with van der Waals surface area (Å²) in [5.74, 6) is -0.480. The van der Waals surface area contributed by atoms with Crippen molar-refractivity contribution in [2.45, 2.75) is 74.0 Å². The number of carbonyl (C=O) groups excluding carboxylic acids is 1. The maximum atomic E-state index is 14.9. The highest BCUT2D eigenvalue weighted by Crippen LogP contribution is 2.54. The zero-order valence-corrected chi connectivity index (χ0v) is 24.1. The fraction of sp³-hybridized carbons (Fsp3) is 0.343. The average Bonchev–Trinajstić information content (AvgIpc) is 2.93. The van der Waals surface area contributed by atoms with Crippen LogP contribution in [0, 0.1) is 0 Å². The lowest BCUT2D eigenvalue weighted by molar-refractivity contribution is -0.123. The number of ketones is 1. The van der Waals surface area contributed by atoms with Gasteiger partial charge in [-0.15, -0.1) is 0 Å². The van der Waals surface area contributed by atoms with Crippen molar-refractivity contribution >= 4 is 29.0 Å². The molecule has 0 saturated heterocycles. The monoisotopic (exact) mass is 568 g/mol. The minimum absolute atomic E-state index is 0.0848. The standard InChI is InChI=1S/C35H34Cl2N2O/c36-27-11-5-9-25(21-27)34(15-7-16-34)23-29(31-13-1-3-19-38-31)33(40)30(32-14-2-4-20-39-32)24-35(17-8-18-35)26-10-6-12-28(37)22-26/h1-6,9-14,19-22,29-30H,7-8,15-18,23-24H2. The summed E-state index contributed by atoms with van der Waals surface area (Å²) in [6.45, 7) is 0. The Bertz CT molecular complexity index is 1350. The van der Waals surface area contributed by atoms with E-state index < -0.39 is 0 Å². The van der Waals surface area contributed by atoms with Crippen LogP contribution < -0.4 is 0 Å². The van der Waals surface area contributed by atoms with E-state index in [9.17, 15) is 4.79 Å². The van der Waals surface area contributed by atoms with E-state index in [1.54, 1.807) is 12.4 Å². The number of nitrogens with zero attached hydrogens (tertiary/aromatic N) is 2. The molecule has 2 aliphatic rings. The van der Waals surface area contributed by atoms with Crippen molar-refractivity contribution in [1.29, 1.82) is 0 Å². The molecule has 2 aromatic carbocycles. The van der Waals surface area contributed by atoms with E-state index in [-0.39, 0.29) is 28.4 Å². The maximum absolute atomic E-state index is 14.9. The molecule has 2 heterocycles. The van der Waals surface area contributed by atoms with Gasteiger partial charge >= 0.3 is 0 Å². The normalized spacial score (nSPS) is 18.6. The van der Waals surface area contributed by atoms with Gasteiger partial charge in [-0.25, -0.2) is 0 Å². The number of Topliss-reactive ketones (excluding diaryl/α,β-unsaturated/α-hetero) is 1. The first kappa shape index (κ1) is 27.2. The van der Waals surface area contributed by atoms with Gasteiger partial charge in [0, 0.05) is 22.4 Å². The third-order valence-corrected chi connectivity index (χ3v) is 9.93. The molecule has 204 valence electrons. The molecule has 6 rings (SSSR count). The van der Waals surface area contributed by atoms with Crippen molar-refractivity contribution in [1.82, 2.24) is 9.97 Å². The molecule has 2 fully saturated rings. The topological polar surface area (TPSA) is 42.9 Å². The van der Waals surface area contributed by atoms with Gasteiger partial charge in [-0.1, -0.05) is 72.4 Å². The van der Waals surface area contributed by atoms with Crippen molar-refractivity contribution < 1.29 is 4.79 Å². The van der Waals surface area contributed by atoms with Crippen LogP contribution in [0.5, 0.6) is 0 Å². The van der Waals surface area contributed by atoms with Gasteiger partial charge in [0.25, 0.3) is 0 Å². The van der Waals surface area contributed by atoms with Gasteiger partial charge in [0.15, 0.2) is 5.78 Å². The summed E-state index contributed by atoms with van der Waals surface area (Å²) in [4.78, 5) is 24.4. The van der Waals surface area contributed by atoms with Gasteiger partial charge in [0.2, 0.25) is 0 Å². The lowest BCUT2D eigenvalue weighted by Crippen LogP contribution is -2.41. The molecule has 2 atom stereocenters. The van der Waals surface area contributed by atoms with Gasteiger partial charge < -0.3 is 0 Å². The number of hydrogen-bond acceptors (Lipinski definition) is 3. The fourth-order valence-electron chi connectivity index (χ4n) is 6.96. The predicted molar refractivity (Wildman–Crippen MR) is 162 cm³/mol. The van der Waals surface area contributed by atoms with Crippen molar-refractivity contribution in [3.05, 3.63) is 130 Å². The van der Waals surface area contributed by atoms with E-state index in [0.717, 1.165) is 72.8 Å². The van der Waals surface area contributed by atoms with Crippen LogP contribution in [0.25, 0.3) is 0 Å². The van der Waals surface area contributed by atoms with E-state index in [2.05, 4.69) is 24.3 Å². The van der Waals surface area contributed by atoms with E-state index >= 15 is 0 Å². The Morgan fingerprint density at radius 2 is 1.10 bits per heavy atom. The summed E-state index contributed by atoms with van der Waals surface area (Å²) in [6.07, 6.45) is 11.5. The van der Waals surface area contributed by atoms with E-state index in [0.29, 0.717) is 0 Å². The minimum Gasteiger partial charge on any atom is -0.298 e. The molecule has 2 unspecified atom stereocenters. The summed E-state index contributed by atoms with van der Waals surface area (Å²) in [5, 5.41) is 1.48. The molecule has 5 heteroatoms. The second-order valence-corrected chi connectivity index (χ2v) is 12.6. The third-order valence-electron chi connectivity index (χ3n) is 9.46. The van der Waals surface area contributed by atoms with Gasteiger partial charge in [-0.3, -0.25) is 14.8 Å². The van der Waals surface area contributed by atoms with Crippen molar-refractivity contribution in [2.24, 2.45) is 0 Å². The van der Waals surface area contributed by atoms with Crippen LogP contribution in [0.1, 0.15) is 85.7 Å². The minimum atomic E-state index is -0.344. The van der Waals surface area contributed by atoms with Crippen molar-refractivity contribution in [2.75, 3.05) is 0 Å². The second-order valence-electron chi connectivity index (χ2n) is 11.7. The Hall–Kier alpha value is -3.01. The molecule has 2 saturated carbocycles. The number of halogens is 2. The number of rotatable bonds is 10. The number of benzene rings is 2. The van der Waals surface area contributed by atoms with Crippen LogP contribution in [0.3, 0.4) is 0 Å².